The summed E-state index contributed by atoms with van der Waals surface area (Å²) in [5.41, 5.74) is 10.1. The smallest absolute Gasteiger partial charge is 0.155 e. The highest BCUT2D eigenvalue weighted by molar-refractivity contribution is 6.19. The van der Waals surface area contributed by atoms with Gasteiger partial charge in [0.2, 0.25) is 0 Å². The summed E-state index contributed by atoms with van der Waals surface area (Å²) in [6, 6.07) is 51.9. The van der Waals surface area contributed by atoms with E-state index in [0.717, 1.165) is 39.4 Å². The molecule has 5 heteroatoms. The first kappa shape index (κ1) is 25.8. The van der Waals surface area contributed by atoms with Crippen molar-refractivity contribution in [2.75, 3.05) is 0 Å². The first-order chi connectivity index (χ1) is 23.3. The molecule has 220 valence electrons. The zero-order chi connectivity index (χ0) is 30.9. The lowest BCUT2D eigenvalue weighted by atomic mass is 10.1. The van der Waals surface area contributed by atoms with Crippen LogP contribution >= 0.6 is 0 Å². The molecular weight excluding hydrogens is 574 g/mol. The quantitative estimate of drug-likeness (QED) is 0.201. The van der Waals surface area contributed by atoms with Crippen LogP contribution in [0.15, 0.2) is 164 Å². The molecule has 4 aromatic heterocycles. The molecule has 0 spiro atoms. The second kappa shape index (κ2) is 10.0. The summed E-state index contributed by atoms with van der Waals surface area (Å²) < 4.78 is 6.90. The number of aromatic nitrogens is 5. The van der Waals surface area contributed by atoms with Gasteiger partial charge in [-0.3, -0.25) is 9.55 Å². The van der Waals surface area contributed by atoms with Crippen LogP contribution in [0.5, 0.6) is 0 Å². The summed E-state index contributed by atoms with van der Waals surface area (Å²) in [4.78, 5) is 9.49. The predicted molar refractivity (Wildman–Crippen MR) is 193 cm³/mol. The second-order valence-electron chi connectivity index (χ2n) is 12.0. The van der Waals surface area contributed by atoms with Crippen molar-refractivity contribution >= 4 is 54.5 Å². The summed E-state index contributed by atoms with van der Waals surface area (Å²) in [5.74, 6) is 0.793. The number of hydrogen-bond acceptors (Lipinski definition) is 2. The Bertz CT molecular complexity index is 2770. The molecular formula is C42H27N5. The molecule has 4 heterocycles. The van der Waals surface area contributed by atoms with E-state index < -0.39 is 0 Å². The summed E-state index contributed by atoms with van der Waals surface area (Å²) >= 11 is 0. The molecule has 0 radical (unpaired) electrons. The van der Waals surface area contributed by atoms with Gasteiger partial charge in [0.05, 0.1) is 45.7 Å². The maximum Gasteiger partial charge on any atom is 0.155 e. The molecule has 0 amide bonds. The van der Waals surface area contributed by atoms with Gasteiger partial charge < -0.3 is 9.13 Å². The van der Waals surface area contributed by atoms with Crippen molar-refractivity contribution in [1.82, 2.24) is 23.7 Å². The van der Waals surface area contributed by atoms with E-state index in [1.54, 1.807) is 0 Å². The third kappa shape index (κ3) is 3.90. The van der Waals surface area contributed by atoms with Gasteiger partial charge in [0.15, 0.2) is 5.82 Å². The van der Waals surface area contributed by atoms with Crippen molar-refractivity contribution in [2.24, 2.45) is 0 Å². The van der Waals surface area contributed by atoms with E-state index in [0.29, 0.717) is 0 Å². The average molecular weight is 602 g/mol. The number of rotatable bonds is 4. The van der Waals surface area contributed by atoms with Crippen molar-refractivity contribution < 1.29 is 0 Å². The van der Waals surface area contributed by atoms with E-state index in [2.05, 4.69) is 147 Å². The van der Waals surface area contributed by atoms with Crippen LogP contribution in [0.25, 0.3) is 83.0 Å². The fourth-order valence-corrected chi connectivity index (χ4v) is 7.24. The number of fused-ring (bicyclic) bond motifs is 7. The Labute approximate surface area is 270 Å². The van der Waals surface area contributed by atoms with Gasteiger partial charge in [-0.05, 0) is 60.7 Å². The van der Waals surface area contributed by atoms with Crippen LogP contribution in [0.1, 0.15) is 0 Å². The highest BCUT2D eigenvalue weighted by atomic mass is 15.1. The van der Waals surface area contributed by atoms with Gasteiger partial charge in [0.25, 0.3) is 0 Å². The molecule has 0 fully saturated rings. The first-order valence-corrected chi connectivity index (χ1v) is 15.8. The van der Waals surface area contributed by atoms with Gasteiger partial charge in [-0.1, -0.05) is 84.9 Å². The van der Waals surface area contributed by atoms with Crippen LogP contribution in [0.2, 0.25) is 0 Å². The van der Waals surface area contributed by atoms with Crippen LogP contribution < -0.4 is 0 Å². The van der Waals surface area contributed by atoms with E-state index in [-0.39, 0.29) is 0 Å². The van der Waals surface area contributed by atoms with Crippen LogP contribution in [0, 0.1) is 0 Å². The fourth-order valence-electron chi connectivity index (χ4n) is 7.24. The monoisotopic (exact) mass is 601 g/mol. The molecule has 0 bridgehead atoms. The zero-order valence-electron chi connectivity index (χ0n) is 25.3. The van der Waals surface area contributed by atoms with E-state index in [1.807, 2.05) is 30.6 Å². The number of benzene rings is 6. The van der Waals surface area contributed by atoms with Crippen molar-refractivity contribution in [3.8, 4) is 28.5 Å². The van der Waals surface area contributed by atoms with E-state index in [4.69, 9.17) is 9.97 Å². The van der Waals surface area contributed by atoms with Crippen molar-refractivity contribution in [1.29, 1.82) is 0 Å². The molecule has 0 atom stereocenters. The molecule has 0 unspecified atom stereocenters. The SMILES string of the molecule is c1ccc(-c2cnc(-n3ccc4cc(-n5c6ccccc6c6cc7c(cc65)c5ccccc5n7-c5ccccc5)ccc43)cn2)cc1. The lowest BCUT2D eigenvalue weighted by Gasteiger charge is -2.10. The third-order valence-electron chi connectivity index (χ3n) is 9.37. The average Bonchev–Trinajstić information content (AvgIpc) is 3.81. The van der Waals surface area contributed by atoms with Crippen molar-refractivity contribution in [3.05, 3.63) is 164 Å². The molecule has 5 nitrogen and oxygen atoms in total. The Kier molecular flexibility index (Phi) is 5.51. The topological polar surface area (TPSA) is 40.6 Å². The van der Waals surface area contributed by atoms with Crippen molar-refractivity contribution in [2.45, 2.75) is 0 Å². The van der Waals surface area contributed by atoms with Crippen molar-refractivity contribution in [3.63, 3.8) is 0 Å². The Morgan fingerprint density at radius 2 is 1.02 bits per heavy atom. The molecule has 6 aromatic carbocycles. The first-order valence-electron chi connectivity index (χ1n) is 15.8. The molecule has 47 heavy (non-hydrogen) atoms. The highest BCUT2D eigenvalue weighted by Crippen LogP contribution is 2.40. The lowest BCUT2D eigenvalue weighted by Crippen LogP contribution is -1.98. The lowest BCUT2D eigenvalue weighted by molar-refractivity contribution is 1.01. The maximum atomic E-state index is 4.77. The molecule has 0 aliphatic heterocycles. The van der Waals surface area contributed by atoms with Crippen LogP contribution in [-0.2, 0) is 0 Å². The van der Waals surface area contributed by atoms with Crippen LogP contribution in [-0.4, -0.2) is 23.7 Å². The molecule has 10 aromatic rings. The summed E-state index contributed by atoms with van der Waals surface area (Å²) in [6.45, 7) is 0. The summed E-state index contributed by atoms with van der Waals surface area (Å²) in [7, 11) is 0. The second-order valence-corrected chi connectivity index (χ2v) is 12.0. The van der Waals surface area contributed by atoms with Crippen LogP contribution in [0.3, 0.4) is 0 Å². The number of nitrogens with zero attached hydrogens (tertiary/aromatic N) is 5. The summed E-state index contributed by atoms with van der Waals surface area (Å²) in [6.07, 6.45) is 5.77. The van der Waals surface area contributed by atoms with Gasteiger partial charge in [-0.15, -0.1) is 0 Å². The standard InChI is InChI=1S/C42H27N5/c1-3-11-28(12-4-1)36-26-44-42(27-43-36)45-22-21-29-23-31(19-20-37(29)45)47-39-18-10-8-16-33(39)35-24-40-34(25-41(35)47)32-15-7-9-17-38(32)46(40)30-13-5-2-6-14-30/h1-27H. The van der Waals surface area contributed by atoms with Crippen LogP contribution in [0.4, 0.5) is 0 Å². The van der Waals surface area contributed by atoms with E-state index in [9.17, 15) is 0 Å². The largest absolute Gasteiger partial charge is 0.309 e. The minimum Gasteiger partial charge on any atom is -0.309 e. The molecule has 0 saturated heterocycles. The third-order valence-corrected chi connectivity index (χ3v) is 9.37. The van der Waals surface area contributed by atoms with E-state index in [1.165, 1.54) is 43.6 Å². The predicted octanol–water partition coefficient (Wildman–Crippen LogP) is 10.3. The van der Waals surface area contributed by atoms with Gasteiger partial charge in [-0.25, -0.2) is 4.98 Å². The maximum absolute atomic E-state index is 4.77. The highest BCUT2D eigenvalue weighted by Gasteiger charge is 2.18. The van der Waals surface area contributed by atoms with Gasteiger partial charge in [0.1, 0.15) is 0 Å². The molecule has 0 N–H and O–H groups in total. The number of para-hydroxylation sites is 3. The Hall–Kier alpha value is -6.46. The number of hydrogen-bond donors (Lipinski definition) is 0. The molecule has 0 saturated carbocycles. The van der Waals surface area contributed by atoms with Gasteiger partial charge in [0, 0.05) is 50.1 Å². The fraction of sp³-hybridized carbons (Fsp3) is 0. The van der Waals surface area contributed by atoms with E-state index >= 15 is 0 Å². The Morgan fingerprint density at radius 3 is 1.68 bits per heavy atom. The Morgan fingerprint density at radius 1 is 0.404 bits per heavy atom. The molecule has 0 aliphatic carbocycles. The minimum absolute atomic E-state index is 0.793. The Balaban J connectivity index is 1.16. The molecule has 10 rings (SSSR count). The minimum atomic E-state index is 0.793. The summed E-state index contributed by atoms with van der Waals surface area (Å²) in [5, 5.41) is 6.10. The zero-order valence-corrected chi connectivity index (χ0v) is 25.3. The van der Waals surface area contributed by atoms with Gasteiger partial charge >= 0.3 is 0 Å². The normalized spacial score (nSPS) is 11.8. The molecule has 0 aliphatic rings. The van der Waals surface area contributed by atoms with Gasteiger partial charge in [-0.2, -0.15) is 0 Å².